The monoisotopic (exact) mass is 353 g/mol. The van der Waals surface area contributed by atoms with Crippen LogP contribution in [0.2, 0.25) is 0 Å². The van der Waals surface area contributed by atoms with E-state index in [1.807, 2.05) is 14.1 Å². The van der Waals surface area contributed by atoms with Gasteiger partial charge in [-0.25, -0.2) is 0 Å². The summed E-state index contributed by atoms with van der Waals surface area (Å²) in [5.74, 6) is -0.174. The van der Waals surface area contributed by atoms with Gasteiger partial charge in [-0.1, -0.05) is 31.2 Å². The molecule has 0 spiro atoms. The highest BCUT2D eigenvalue weighted by molar-refractivity contribution is 5.97. The lowest BCUT2D eigenvalue weighted by atomic mass is 10.0. The lowest BCUT2D eigenvalue weighted by Gasteiger charge is -2.25. The highest BCUT2D eigenvalue weighted by atomic mass is 16.2. The van der Waals surface area contributed by atoms with Crippen LogP contribution >= 0.6 is 0 Å². The molecule has 5 nitrogen and oxygen atoms in total. The molecule has 1 aromatic carbocycles. The molecule has 0 radical (unpaired) electrons. The van der Waals surface area contributed by atoms with Crippen LogP contribution in [0.5, 0.6) is 0 Å². The Morgan fingerprint density at radius 2 is 1.85 bits per heavy atom. The van der Waals surface area contributed by atoms with Crippen molar-refractivity contribution in [3.8, 4) is 0 Å². The molecule has 1 heterocycles. The summed E-state index contributed by atoms with van der Waals surface area (Å²) in [5.41, 5.74) is 3.01. The van der Waals surface area contributed by atoms with Crippen LogP contribution < -0.4 is 5.32 Å². The van der Waals surface area contributed by atoms with Crippen molar-refractivity contribution in [1.29, 1.82) is 0 Å². The maximum absolute atomic E-state index is 12.1. The summed E-state index contributed by atoms with van der Waals surface area (Å²) in [6, 6.07) is 12.0. The molecule has 1 unspecified atom stereocenters. The molecule has 0 saturated carbocycles. The number of aryl methyl sites for hydroxylation is 1. The first-order valence-electron chi connectivity index (χ1n) is 8.96. The minimum atomic E-state index is -0.112. The molecule has 1 N–H and O–H groups in total. The zero-order valence-corrected chi connectivity index (χ0v) is 15.7. The van der Waals surface area contributed by atoms with Gasteiger partial charge in [-0.15, -0.1) is 0 Å². The van der Waals surface area contributed by atoms with Crippen LogP contribution in [-0.4, -0.2) is 42.2 Å². The average molecular weight is 353 g/mol. The molecule has 1 amide bonds. The maximum atomic E-state index is 12.1. The summed E-state index contributed by atoms with van der Waals surface area (Å²) >= 11 is 0. The number of pyridine rings is 1. The van der Waals surface area contributed by atoms with Gasteiger partial charge in [-0.2, -0.15) is 0 Å². The molecule has 1 atom stereocenters. The Morgan fingerprint density at radius 3 is 2.42 bits per heavy atom. The number of likely N-dealkylation sites (N-methyl/N-ethyl adjacent to an activating group) is 1. The highest BCUT2D eigenvalue weighted by Crippen LogP contribution is 2.18. The third-order valence-corrected chi connectivity index (χ3v) is 4.45. The third kappa shape index (κ3) is 5.77. The van der Waals surface area contributed by atoms with Gasteiger partial charge in [0.05, 0.1) is 6.04 Å². The van der Waals surface area contributed by atoms with Gasteiger partial charge in [0.25, 0.3) is 0 Å². The number of carbonyl (C=O) groups excluding carboxylic acids is 2. The number of nitrogens with zero attached hydrogens (tertiary/aromatic N) is 2. The Hall–Kier alpha value is -2.53. The average Bonchev–Trinajstić information content (AvgIpc) is 2.67. The molecule has 0 saturated heterocycles. The van der Waals surface area contributed by atoms with E-state index >= 15 is 0 Å². The van der Waals surface area contributed by atoms with Crippen molar-refractivity contribution in [2.45, 2.75) is 32.2 Å². The minimum absolute atomic E-state index is 0.0624. The SMILES string of the molecule is CCc1ccc(C(CNC(=O)CCC(=O)c2cccnc2)N(C)C)cc1. The van der Waals surface area contributed by atoms with E-state index in [0.29, 0.717) is 12.1 Å². The van der Waals surface area contributed by atoms with Gasteiger partial charge < -0.3 is 10.2 Å². The summed E-state index contributed by atoms with van der Waals surface area (Å²) in [5, 5.41) is 2.95. The molecular weight excluding hydrogens is 326 g/mol. The number of rotatable bonds is 9. The Morgan fingerprint density at radius 1 is 1.12 bits per heavy atom. The molecule has 0 aliphatic rings. The second kappa shape index (κ2) is 9.82. The van der Waals surface area contributed by atoms with E-state index in [4.69, 9.17) is 0 Å². The summed E-state index contributed by atoms with van der Waals surface area (Å²) in [6.45, 7) is 2.64. The predicted octanol–water partition coefficient (Wildman–Crippen LogP) is 3.03. The van der Waals surface area contributed by atoms with Crippen molar-refractivity contribution < 1.29 is 9.59 Å². The summed E-state index contributed by atoms with van der Waals surface area (Å²) in [4.78, 5) is 30.2. The summed E-state index contributed by atoms with van der Waals surface area (Å²) in [7, 11) is 3.99. The number of aromatic nitrogens is 1. The normalized spacial score (nSPS) is 12.0. The smallest absolute Gasteiger partial charge is 0.220 e. The largest absolute Gasteiger partial charge is 0.354 e. The van der Waals surface area contributed by atoms with E-state index in [9.17, 15) is 9.59 Å². The van der Waals surface area contributed by atoms with Crippen LogP contribution in [-0.2, 0) is 11.2 Å². The molecule has 2 rings (SSSR count). The first kappa shape index (κ1) is 19.8. The Kier molecular flexibility index (Phi) is 7.48. The van der Waals surface area contributed by atoms with E-state index in [-0.39, 0.29) is 30.6 Å². The number of hydrogen-bond acceptors (Lipinski definition) is 4. The van der Waals surface area contributed by atoms with Crippen molar-refractivity contribution in [2.75, 3.05) is 20.6 Å². The zero-order chi connectivity index (χ0) is 18.9. The van der Waals surface area contributed by atoms with Crippen LogP contribution in [0.25, 0.3) is 0 Å². The number of nitrogens with one attached hydrogen (secondary N) is 1. The standard InChI is InChI=1S/C21H27N3O2/c1-4-16-7-9-17(10-8-16)19(24(2)3)15-23-21(26)12-11-20(25)18-6-5-13-22-14-18/h5-10,13-14,19H,4,11-12,15H2,1-3H3,(H,23,26). The van der Waals surface area contributed by atoms with Crippen LogP contribution in [0.4, 0.5) is 0 Å². The Balaban J connectivity index is 1.86. The number of amides is 1. The molecule has 26 heavy (non-hydrogen) atoms. The maximum Gasteiger partial charge on any atom is 0.220 e. The van der Waals surface area contributed by atoms with E-state index in [1.54, 1.807) is 18.3 Å². The molecule has 1 aromatic heterocycles. The molecule has 138 valence electrons. The lowest BCUT2D eigenvalue weighted by molar-refractivity contribution is -0.121. The predicted molar refractivity (Wildman–Crippen MR) is 103 cm³/mol. The van der Waals surface area contributed by atoms with Gasteiger partial charge in [0.1, 0.15) is 0 Å². The Bertz CT molecular complexity index is 712. The van der Waals surface area contributed by atoms with E-state index in [0.717, 1.165) is 6.42 Å². The number of Topliss-reactive ketones (excluding diaryl/α,β-unsaturated/α-hetero) is 1. The van der Waals surface area contributed by atoms with Crippen molar-refractivity contribution in [1.82, 2.24) is 15.2 Å². The number of benzene rings is 1. The van der Waals surface area contributed by atoms with Gasteiger partial charge in [0, 0.05) is 37.3 Å². The first-order valence-corrected chi connectivity index (χ1v) is 8.96. The van der Waals surface area contributed by atoms with Crippen molar-refractivity contribution in [3.63, 3.8) is 0 Å². The quantitative estimate of drug-likeness (QED) is 0.704. The van der Waals surface area contributed by atoms with E-state index in [2.05, 4.69) is 46.4 Å². The van der Waals surface area contributed by atoms with E-state index in [1.165, 1.54) is 17.3 Å². The summed E-state index contributed by atoms with van der Waals surface area (Å²) < 4.78 is 0. The molecule has 0 aliphatic heterocycles. The Labute approximate surface area is 155 Å². The van der Waals surface area contributed by atoms with Crippen LogP contribution in [0.15, 0.2) is 48.8 Å². The number of carbonyl (C=O) groups is 2. The minimum Gasteiger partial charge on any atom is -0.354 e. The summed E-state index contributed by atoms with van der Waals surface area (Å²) in [6.07, 6.45) is 4.53. The van der Waals surface area contributed by atoms with Crippen LogP contribution in [0.1, 0.15) is 47.3 Å². The number of ketones is 1. The fraction of sp³-hybridized carbons (Fsp3) is 0.381. The van der Waals surface area contributed by atoms with Gasteiger partial charge in [-0.05, 0) is 43.8 Å². The first-order chi connectivity index (χ1) is 12.5. The van der Waals surface area contributed by atoms with Crippen molar-refractivity contribution >= 4 is 11.7 Å². The topological polar surface area (TPSA) is 62.3 Å². The molecular formula is C21H27N3O2. The van der Waals surface area contributed by atoms with Crippen LogP contribution in [0.3, 0.4) is 0 Å². The molecule has 0 aliphatic carbocycles. The molecule has 0 fully saturated rings. The molecule has 2 aromatic rings. The third-order valence-electron chi connectivity index (χ3n) is 4.45. The van der Waals surface area contributed by atoms with Crippen LogP contribution in [0, 0.1) is 0 Å². The molecule has 0 bridgehead atoms. The van der Waals surface area contributed by atoms with Gasteiger partial charge in [-0.3, -0.25) is 14.6 Å². The molecule has 5 heteroatoms. The fourth-order valence-corrected chi connectivity index (χ4v) is 2.77. The fourth-order valence-electron chi connectivity index (χ4n) is 2.77. The van der Waals surface area contributed by atoms with Gasteiger partial charge in [0.2, 0.25) is 5.91 Å². The van der Waals surface area contributed by atoms with Gasteiger partial charge in [0.15, 0.2) is 5.78 Å². The highest BCUT2D eigenvalue weighted by Gasteiger charge is 2.16. The second-order valence-corrected chi connectivity index (χ2v) is 6.54. The zero-order valence-electron chi connectivity index (χ0n) is 15.7. The lowest BCUT2D eigenvalue weighted by Crippen LogP contribution is -2.34. The van der Waals surface area contributed by atoms with Gasteiger partial charge >= 0.3 is 0 Å². The second-order valence-electron chi connectivity index (χ2n) is 6.54. The van der Waals surface area contributed by atoms with E-state index < -0.39 is 0 Å². The van der Waals surface area contributed by atoms with Crippen molar-refractivity contribution in [2.24, 2.45) is 0 Å². The van der Waals surface area contributed by atoms with Crippen molar-refractivity contribution in [3.05, 3.63) is 65.5 Å². The number of hydrogen-bond donors (Lipinski definition) is 1.